The van der Waals surface area contributed by atoms with Crippen molar-refractivity contribution >= 4 is 11.9 Å². The minimum atomic E-state index is -1.84. The summed E-state index contributed by atoms with van der Waals surface area (Å²) in [6.45, 7) is 10.2. The van der Waals surface area contributed by atoms with Crippen LogP contribution in [-0.4, -0.2) is 63.1 Å². The van der Waals surface area contributed by atoms with Gasteiger partial charge in [0.05, 0.1) is 5.92 Å². The topological polar surface area (TPSA) is 134 Å². The van der Waals surface area contributed by atoms with Crippen molar-refractivity contribution in [3.8, 4) is 0 Å². The summed E-state index contributed by atoms with van der Waals surface area (Å²) in [5, 5.41) is 38.5. The molecule has 0 aromatic heterocycles. The number of carbonyl (C=O) groups is 2. The number of aliphatic hydroxyl groups excluding tert-OH is 3. The van der Waals surface area contributed by atoms with Gasteiger partial charge in [-0.2, -0.15) is 0 Å². The number of hydrogen-bond donors (Lipinski definition) is 4. The Morgan fingerprint density at radius 1 is 1.18 bits per heavy atom. The van der Waals surface area contributed by atoms with Crippen molar-refractivity contribution in [1.82, 2.24) is 0 Å². The molecule has 4 N–H and O–H groups in total. The van der Waals surface area contributed by atoms with Gasteiger partial charge in [-0.15, -0.1) is 0 Å². The minimum Gasteiger partial charge on any atom is -0.479 e. The van der Waals surface area contributed by atoms with E-state index in [1.165, 1.54) is 17.6 Å². The molecule has 0 aromatic carbocycles. The zero-order valence-electron chi connectivity index (χ0n) is 19.9. The molecule has 1 aliphatic carbocycles. The first kappa shape index (κ1) is 27.0. The Morgan fingerprint density at radius 2 is 1.85 bits per heavy atom. The van der Waals surface area contributed by atoms with Gasteiger partial charge in [0.1, 0.15) is 18.3 Å². The first-order valence-corrected chi connectivity index (χ1v) is 11.2. The summed E-state index contributed by atoms with van der Waals surface area (Å²) in [6, 6.07) is 0. The SMILES string of the molecule is CC1=C(/C=C/C(C)=C/C=C/C(C)C(=O)OC2OC(C(=O)O)C(O)C(O)C2O)C(C)(C)CCC1. The van der Waals surface area contributed by atoms with Gasteiger partial charge in [0.25, 0.3) is 0 Å². The van der Waals surface area contributed by atoms with E-state index in [1.54, 1.807) is 19.1 Å². The Labute approximate surface area is 194 Å². The number of esters is 1. The molecule has 1 fully saturated rings. The lowest BCUT2D eigenvalue weighted by molar-refractivity contribution is -0.287. The minimum absolute atomic E-state index is 0.155. The number of carbonyl (C=O) groups excluding carboxylic acids is 1. The van der Waals surface area contributed by atoms with Crippen molar-refractivity contribution in [2.45, 2.75) is 84.6 Å². The Bertz CT molecular complexity index is 850. The molecule has 184 valence electrons. The molecule has 6 atom stereocenters. The normalized spacial score (nSPS) is 31.8. The lowest BCUT2D eigenvalue weighted by Gasteiger charge is -2.38. The van der Waals surface area contributed by atoms with Gasteiger partial charge >= 0.3 is 11.9 Å². The number of aliphatic hydroxyl groups is 3. The molecule has 1 heterocycles. The first-order valence-electron chi connectivity index (χ1n) is 11.2. The number of carboxylic acids is 1. The maximum absolute atomic E-state index is 12.3. The molecule has 0 radical (unpaired) electrons. The monoisotopic (exact) mass is 464 g/mol. The number of rotatable bonds is 7. The summed E-state index contributed by atoms with van der Waals surface area (Å²) in [5.74, 6) is -3.03. The van der Waals surface area contributed by atoms with Crippen molar-refractivity contribution in [3.63, 3.8) is 0 Å². The highest BCUT2D eigenvalue weighted by Crippen LogP contribution is 2.40. The third-order valence-electron chi connectivity index (χ3n) is 6.23. The number of carboxylic acid groups (broad SMARTS) is 1. The molecule has 1 saturated heterocycles. The lowest BCUT2D eigenvalue weighted by Crippen LogP contribution is -2.60. The maximum Gasteiger partial charge on any atom is 0.335 e. The van der Waals surface area contributed by atoms with Gasteiger partial charge in [0.15, 0.2) is 6.10 Å². The van der Waals surface area contributed by atoms with E-state index >= 15 is 0 Å². The highest BCUT2D eigenvalue weighted by Gasteiger charge is 2.48. The van der Waals surface area contributed by atoms with Gasteiger partial charge in [0.2, 0.25) is 6.29 Å². The van der Waals surface area contributed by atoms with E-state index in [-0.39, 0.29) is 5.41 Å². The van der Waals surface area contributed by atoms with E-state index in [1.807, 2.05) is 19.1 Å². The molecule has 6 unspecified atom stereocenters. The zero-order valence-corrected chi connectivity index (χ0v) is 19.9. The molecule has 0 aromatic rings. The van der Waals surface area contributed by atoms with Crippen LogP contribution in [-0.2, 0) is 19.1 Å². The third kappa shape index (κ3) is 6.86. The Morgan fingerprint density at radius 3 is 2.45 bits per heavy atom. The van der Waals surface area contributed by atoms with E-state index < -0.39 is 48.6 Å². The van der Waals surface area contributed by atoms with E-state index in [0.29, 0.717) is 0 Å². The standard InChI is InChI=1S/C25H36O8/c1-14(11-12-17-15(2)10-7-13-25(17,4)5)8-6-9-16(3)23(31)33-24-20(28)18(26)19(27)21(32-24)22(29)30/h6,8-9,11-12,16,18-21,24,26-28H,7,10,13H2,1-5H3,(H,29,30)/b9-6+,12-11+,14-8+. The second-order valence-corrected chi connectivity index (χ2v) is 9.52. The fourth-order valence-corrected chi connectivity index (χ4v) is 4.10. The van der Waals surface area contributed by atoms with Crippen molar-refractivity contribution in [1.29, 1.82) is 0 Å². The largest absolute Gasteiger partial charge is 0.479 e. The average Bonchev–Trinajstić information content (AvgIpc) is 2.72. The average molecular weight is 465 g/mol. The Kier molecular flexibility index (Phi) is 9.20. The van der Waals surface area contributed by atoms with Gasteiger partial charge < -0.3 is 29.9 Å². The van der Waals surface area contributed by atoms with Crippen LogP contribution in [0, 0.1) is 11.3 Å². The molecule has 8 heteroatoms. The van der Waals surface area contributed by atoms with E-state index in [9.17, 15) is 24.9 Å². The number of aliphatic carboxylic acids is 1. The van der Waals surface area contributed by atoms with Crippen molar-refractivity contribution in [2.75, 3.05) is 0 Å². The van der Waals surface area contributed by atoms with Crippen LogP contribution in [0.5, 0.6) is 0 Å². The van der Waals surface area contributed by atoms with Crippen LogP contribution in [0.15, 0.2) is 47.1 Å². The van der Waals surface area contributed by atoms with E-state index in [2.05, 4.69) is 26.8 Å². The Hall–Kier alpha value is -2.26. The summed E-state index contributed by atoms with van der Waals surface area (Å²) < 4.78 is 10.0. The number of hydrogen-bond acceptors (Lipinski definition) is 7. The predicted molar refractivity (Wildman–Crippen MR) is 122 cm³/mol. The van der Waals surface area contributed by atoms with Gasteiger partial charge in [-0.05, 0) is 51.0 Å². The van der Waals surface area contributed by atoms with Crippen molar-refractivity contribution < 1.29 is 39.5 Å². The van der Waals surface area contributed by atoms with Gasteiger partial charge in [-0.1, -0.05) is 55.4 Å². The third-order valence-corrected chi connectivity index (χ3v) is 6.23. The molecule has 0 bridgehead atoms. The Balaban J connectivity index is 1.97. The van der Waals surface area contributed by atoms with Crippen LogP contribution in [0.4, 0.5) is 0 Å². The summed E-state index contributed by atoms with van der Waals surface area (Å²) in [6.07, 6.45) is 3.91. The van der Waals surface area contributed by atoms with Crippen LogP contribution >= 0.6 is 0 Å². The van der Waals surface area contributed by atoms with Gasteiger partial charge in [-0.3, -0.25) is 4.79 Å². The van der Waals surface area contributed by atoms with Crippen LogP contribution in [0.2, 0.25) is 0 Å². The number of allylic oxidation sites excluding steroid dienone is 7. The maximum atomic E-state index is 12.3. The number of ether oxygens (including phenoxy) is 2. The van der Waals surface area contributed by atoms with Crippen molar-refractivity contribution in [3.05, 3.63) is 47.1 Å². The first-order chi connectivity index (χ1) is 15.3. The van der Waals surface area contributed by atoms with Gasteiger partial charge in [0, 0.05) is 0 Å². The molecule has 0 spiro atoms. The fourth-order valence-electron chi connectivity index (χ4n) is 4.10. The smallest absolute Gasteiger partial charge is 0.335 e. The van der Waals surface area contributed by atoms with Crippen molar-refractivity contribution in [2.24, 2.45) is 11.3 Å². The molecular formula is C25H36O8. The van der Waals surface area contributed by atoms with E-state index in [0.717, 1.165) is 18.4 Å². The molecule has 0 saturated carbocycles. The van der Waals surface area contributed by atoms with Gasteiger partial charge in [-0.25, -0.2) is 4.79 Å². The van der Waals surface area contributed by atoms with Crippen LogP contribution < -0.4 is 0 Å². The zero-order chi connectivity index (χ0) is 24.9. The summed E-state index contributed by atoms with van der Waals surface area (Å²) in [7, 11) is 0. The van der Waals surface area contributed by atoms with Crippen LogP contribution in [0.1, 0.15) is 53.9 Å². The van der Waals surface area contributed by atoms with Crippen LogP contribution in [0.3, 0.4) is 0 Å². The molecule has 1 aliphatic heterocycles. The quantitative estimate of drug-likeness (QED) is 0.334. The molecule has 2 rings (SSSR count). The summed E-state index contributed by atoms with van der Waals surface area (Å²) in [5.41, 5.74) is 3.93. The van der Waals surface area contributed by atoms with Crippen LogP contribution in [0.25, 0.3) is 0 Å². The second-order valence-electron chi connectivity index (χ2n) is 9.52. The molecular weight excluding hydrogens is 428 g/mol. The highest BCUT2D eigenvalue weighted by atomic mass is 16.7. The highest BCUT2D eigenvalue weighted by molar-refractivity contribution is 5.75. The molecule has 0 amide bonds. The predicted octanol–water partition coefficient (Wildman–Crippen LogP) is 2.64. The molecule has 33 heavy (non-hydrogen) atoms. The lowest BCUT2D eigenvalue weighted by atomic mass is 9.72. The second kappa shape index (κ2) is 11.2. The molecule has 8 nitrogen and oxygen atoms in total. The van der Waals surface area contributed by atoms with E-state index in [4.69, 9.17) is 14.6 Å². The summed E-state index contributed by atoms with van der Waals surface area (Å²) in [4.78, 5) is 23.5. The molecule has 2 aliphatic rings. The fraction of sp³-hybridized carbons (Fsp3) is 0.600. The summed E-state index contributed by atoms with van der Waals surface area (Å²) >= 11 is 0.